The second kappa shape index (κ2) is 11.9. The third kappa shape index (κ3) is 5.38. The zero-order chi connectivity index (χ0) is 33.7. The molecule has 16 heteroatoms. The van der Waals surface area contributed by atoms with E-state index in [0.29, 0.717) is 21.9 Å². The lowest BCUT2D eigenvalue weighted by atomic mass is 9.80. The van der Waals surface area contributed by atoms with Crippen molar-refractivity contribution in [2.24, 2.45) is 0 Å². The third-order valence-electron chi connectivity index (χ3n) is 8.51. The first-order valence-corrected chi connectivity index (χ1v) is 16.4. The minimum absolute atomic E-state index is 0.0687. The molecule has 2 aromatic carbocycles. The van der Waals surface area contributed by atoms with E-state index < -0.39 is 61.7 Å². The minimum atomic E-state index is -4.47. The van der Waals surface area contributed by atoms with Gasteiger partial charge < -0.3 is 29.6 Å². The largest absolute Gasteiger partial charge is 0.465 e. The van der Waals surface area contributed by atoms with E-state index in [1.54, 1.807) is 56.3 Å². The lowest BCUT2D eigenvalue weighted by Gasteiger charge is -2.34. The summed E-state index contributed by atoms with van der Waals surface area (Å²) in [5.41, 5.74) is 2.58. The molecule has 4 bridgehead atoms. The van der Waals surface area contributed by atoms with E-state index in [0.717, 1.165) is 0 Å². The highest BCUT2D eigenvalue weighted by Crippen LogP contribution is 2.52. The van der Waals surface area contributed by atoms with Gasteiger partial charge >= 0.3 is 19.7 Å². The van der Waals surface area contributed by atoms with Gasteiger partial charge in [0.2, 0.25) is 5.60 Å². The number of anilines is 1. The molecule has 7 atom stereocenters. The lowest BCUT2D eigenvalue weighted by Crippen LogP contribution is -2.54. The Morgan fingerprint density at radius 2 is 2.11 bits per heavy atom. The Labute approximate surface area is 269 Å². The molecule has 0 spiro atoms. The molecular weight excluding hydrogens is 631 g/mol. The van der Waals surface area contributed by atoms with Crippen LogP contribution in [0, 0.1) is 11.3 Å². The first kappa shape index (κ1) is 32.4. The number of benzene rings is 2. The fourth-order valence-corrected chi connectivity index (χ4v) is 7.47. The number of nitrogens with zero attached hydrogens (tertiary/aromatic N) is 4. The Kier molecular flexibility index (Phi) is 8.19. The van der Waals surface area contributed by atoms with E-state index >= 15 is 0 Å². The van der Waals surface area contributed by atoms with Crippen LogP contribution >= 0.6 is 7.75 Å². The molecule has 0 amide bonds. The van der Waals surface area contributed by atoms with E-state index in [1.807, 2.05) is 0 Å². The fourth-order valence-electron chi connectivity index (χ4n) is 5.95. The summed E-state index contributed by atoms with van der Waals surface area (Å²) in [5.74, 6) is -1.94. The Bertz CT molecular complexity index is 1980. The molecule has 15 nitrogen and oxygen atoms in total. The molecule has 246 valence electrons. The average molecular weight is 665 g/mol. The number of aliphatic hydroxyl groups is 1. The molecule has 4 aromatic rings. The van der Waals surface area contributed by atoms with Gasteiger partial charge in [-0.25, -0.2) is 14.1 Å². The first-order chi connectivity index (χ1) is 22.3. The van der Waals surface area contributed by atoms with E-state index in [9.17, 15) is 24.5 Å². The fraction of sp³-hybridized carbons (Fsp3) is 0.387. The maximum atomic E-state index is 14.4. The summed E-state index contributed by atoms with van der Waals surface area (Å²) in [4.78, 5) is 30.2. The van der Waals surface area contributed by atoms with Crippen LogP contribution in [-0.2, 0) is 38.5 Å². The summed E-state index contributed by atoms with van der Waals surface area (Å²) in [6.07, 6.45) is -1.75. The van der Waals surface area contributed by atoms with Gasteiger partial charge in [0.05, 0.1) is 24.8 Å². The standard InChI is InChI=1S/C31H33N6O9P/c1-5-42-29(39)18(3)36-47(41)43-14-24-26(44-28(38)17(2)19-9-10-21-20(13-19)7-6-8-23(21)46-47)30(4,40)31(15-32,45-24)25-12-11-22-27(33)34-16-35-37(22)25/h6-13,16-18,24,26,40H,5,14H2,1-4H3,(H,36,41)(H2,33,34,35). The van der Waals surface area contributed by atoms with Crippen molar-refractivity contribution in [2.45, 2.75) is 63.1 Å². The normalized spacial score (nSPS) is 29.9. The topological polar surface area (TPSA) is 210 Å². The number of ether oxygens (including phenoxy) is 3. The summed E-state index contributed by atoms with van der Waals surface area (Å²) < 4.78 is 45.0. The van der Waals surface area contributed by atoms with Gasteiger partial charge in [0, 0.05) is 5.39 Å². The molecule has 0 aliphatic carbocycles. The number of carbonyl (C=O) groups is 2. The van der Waals surface area contributed by atoms with Crippen molar-refractivity contribution in [3.8, 4) is 11.8 Å². The van der Waals surface area contributed by atoms with E-state index in [1.165, 1.54) is 30.8 Å². The number of nitrogens with one attached hydrogen (secondary N) is 1. The lowest BCUT2D eigenvalue weighted by molar-refractivity contribution is -0.166. The number of nitrogen functional groups attached to an aromatic ring is 1. The van der Waals surface area contributed by atoms with Crippen LogP contribution in [0.3, 0.4) is 0 Å². The molecule has 47 heavy (non-hydrogen) atoms. The highest BCUT2D eigenvalue weighted by Gasteiger charge is 2.68. The summed E-state index contributed by atoms with van der Waals surface area (Å²) in [7, 11) is -4.47. The van der Waals surface area contributed by atoms with Crippen molar-refractivity contribution in [1.82, 2.24) is 19.7 Å². The predicted octanol–water partition coefficient (Wildman–Crippen LogP) is 3.11. The van der Waals surface area contributed by atoms with Crippen LogP contribution in [0.25, 0.3) is 16.3 Å². The molecule has 7 unspecified atom stereocenters. The Morgan fingerprint density at radius 1 is 1.32 bits per heavy atom. The van der Waals surface area contributed by atoms with Crippen LogP contribution in [0.2, 0.25) is 0 Å². The monoisotopic (exact) mass is 664 g/mol. The van der Waals surface area contributed by atoms with Gasteiger partial charge in [0.25, 0.3) is 0 Å². The molecule has 0 radical (unpaired) electrons. The quantitative estimate of drug-likeness (QED) is 0.207. The molecule has 3 aliphatic heterocycles. The third-order valence-corrected chi connectivity index (χ3v) is 10.1. The predicted molar refractivity (Wildman–Crippen MR) is 166 cm³/mol. The Balaban J connectivity index is 1.48. The number of aromatic nitrogens is 3. The van der Waals surface area contributed by atoms with Crippen LogP contribution < -0.4 is 15.3 Å². The van der Waals surface area contributed by atoms with Crippen molar-refractivity contribution >= 4 is 41.8 Å². The molecule has 7 rings (SSSR count). The average Bonchev–Trinajstić information content (AvgIpc) is 3.57. The maximum absolute atomic E-state index is 14.4. The second-order valence-electron chi connectivity index (χ2n) is 11.6. The van der Waals surface area contributed by atoms with Crippen molar-refractivity contribution in [1.29, 1.82) is 5.26 Å². The first-order valence-electron chi connectivity index (χ1n) is 14.9. The van der Waals surface area contributed by atoms with Crippen LogP contribution in [-0.4, -0.2) is 68.7 Å². The molecule has 4 N–H and O–H groups in total. The Hall–Kier alpha value is -4.58. The van der Waals surface area contributed by atoms with Gasteiger partial charge in [-0.15, -0.1) is 0 Å². The summed E-state index contributed by atoms with van der Waals surface area (Å²) in [5, 5.41) is 30.9. The van der Waals surface area contributed by atoms with Crippen molar-refractivity contribution in [3.63, 3.8) is 0 Å². The molecule has 1 fully saturated rings. The zero-order valence-electron chi connectivity index (χ0n) is 25.9. The number of hydrogen-bond donors (Lipinski definition) is 3. The van der Waals surface area contributed by atoms with Gasteiger partial charge in [-0.2, -0.15) is 15.4 Å². The summed E-state index contributed by atoms with van der Waals surface area (Å²) >= 11 is 0. The Morgan fingerprint density at radius 3 is 2.85 bits per heavy atom. The highest BCUT2D eigenvalue weighted by atomic mass is 31.2. The molecule has 1 saturated heterocycles. The van der Waals surface area contributed by atoms with Gasteiger partial charge in [0.15, 0.2) is 11.9 Å². The smallest absolute Gasteiger partial charge is 0.459 e. The SMILES string of the molecule is CCOC(=O)C(C)NP1(=O)OCC2OC(C#N)(c3ccc4c(N)ncnn34)C(C)(O)C2OC(=O)C(C)c2ccc3c(cccc3c2)O1. The summed E-state index contributed by atoms with van der Waals surface area (Å²) in [6.45, 7) is 5.46. The van der Waals surface area contributed by atoms with Crippen LogP contribution in [0.15, 0.2) is 54.9 Å². The summed E-state index contributed by atoms with van der Waals surface area (Å²) in [6, 6.07) is 14.2. The highest BCUT2D eigenvalue weighted by molar-refractivity contribution is 7.52. The van der Waals surface area contributed by atoms with Crippen LogP contribution in [0.5, 0.6) is 5.75 Å². The van der Waals surface area contributed by atoms with E-state index in [4.69, 9.17) is 29.0 Å². The minimum Gasteiger partial charge on any atom is -0.465 e. The number of carbonyl (C=O) groups excluding carboxylic acids is 2. The number of esters is 2. The van der Waals surface area contributed by atoms with Gasteiger partial charge in [-0.1, -0.05) is 30.3 Å². The van der Waals surface area contributed by atoms with Crippen LogP contribution in [0.1, 0.15) is 44.9 Å². The van der Waals surface area contributed by atoms with Crippen molar-refractivity contribution in [3.05, 3.63) is 66.1 Å². The second-order valence-corrected chi connectivity index (χ2v) is 13.3. The zero-order valence-corrected chi connectivity index (χ0v) is 26.8. The maximum Gasteiger partial charge on any atom is 0.459 e. The van der Waals surface area contributed by atoms with E-state index in [-0.39, 0.29) is 23.9 Å². The molecule has 2 aromatic heterocycles. The number of fused-ring (bicyclic) bond motifs is 7. The van der Waals surface area contributed by atoms with Crippen LogP contribution in [0.4, 0.5) is 5.82 Å². The molecule has 0 saturated carbocycles. The number of nitrogens with two attached hydrogens (primary N) is 1. The van der Waals surface area contributed by atoms with Gasteiger partial charge in [-0.3, -0.25) is 14.1 Å². The van der Waals surface area contributed by atoms with Crippen molar-refractivity contribution in [2.75, 3.05) is 18.9 Å². The van der Waals surface area contributed by atoms with Gasteiger partial charge in [0.1, 0.15) is 41.4 Å². The molecular formula is C31H33N6O9P. The van der Waals surface area contributed by atoms with E-state index in [2.05, 4.69) is 21.2 Å². The molecule has 5 heterocycles. The number of hydrogen-bond acceptors (Lipinski definition) is 13. The molecule has 3 aliphatic rings. The van der Waals surface area contributed by atoms with Gasteiger partial charge in [-0.05, 0) is 56.8 Å². The number of rotatable bonds is 5. The number of nitriles is 1. The van der Waals surface area contributed by atoms with Crippen molar-refractivity contribution < 1.29 is 42.5 Å².